The molecule has 1 amide bonds. The van der Waals surface area contributed by atoms with Crippen LogP contribution in [0, 0.1) is 5.82 Å². The van der Waals surface area contributed by atoms with Gasteiger partial charge in [0.15, 0.2) is 15.6 Å². The summed E-state index contributed by atoms with van der Waals surface area (Å²) in [5.74, 6) is -1.39. The minimum Gasteiger partial charge on any atom is -0.507 e. The summed E-state index contributed by atoms with van der Waals surface area (Å²) in [6.45, 7) is 2.04. The number of piperazine rings is 1. The summed E-state index contributed by atoms with van der Waals surface area (Å²) < 4.78 is 44.8. The highest BCUT2D eigenvalue weighted by Gasteiger charge is 2.39. The second-order valence-electron chi connectivity index (χ2n) is 8.24. The molecule has 1 atom stereocenters. The van der Waals surface area contributed by atoms with Gasteiger partial charge in [0.2, 0.25) is 0 Å². The molecule has 1 aromatic heterocycles. The molecule has 0 bridgehead atoms. The number of nitrogens with one attached hydrogen (secondary N) is 1. The lowest BCUT2D eigenvalue weighted by Gasteiger charge is -2.34. The Morgan fingerprint density at radius 1 is 1.21 bits per heavy atom. The van der Waals surface area contributed by atoms with Crippen LogP contribution in [0.3, 0.4) is 0 Å². The Hall–Kier alpha value is -2.63. The topological polar surface area (TPSA) is 112 Å². The number of pyridine rings is 1. The largest absolute Gasteiger partial charge is 0.507 e. The average Bonchev–Trinajstić information content (AvgIpc) is 2.93. The fraction of sp³-hybridized carbons (Fsp3) is 0.429. The van der Waals surface area contributed by atoms with Crippen LogP contribution in [0.4, 0.5) is 10.2 Å². The van der Waals surface area contributed by atoms with E-state index in [2.05, 4.69) is 10.3 Å². The van der Waals surface area contributed by atoms with E-state index < -0.39 is 15.7 Å². The van der Waals surface area contributed by atoms with Gasteiger partial charge in [-0.15, -0.1) is 0 Å². The highest BCUT2D eigenvalue weighted by atomic mass is 35.5. The number of amides is 1. The van der Waals surface area contributed by atoms with Crippen LogP contribution >= 0.6 is 11.6 Å². The van der Waals surface area contributed by atoms with Gasteiger partial charge >= 0.3 is 0 Å². The standard InChI is InChI=1S/C21H22ClFN4O5S/c22-17-18(15-13(23)2-1-3-14(15)28)25-20(26-6-8-33(30,31)9-7-26)16-19(17)32-11-12-10-24-4-5-27(12)21(16)29/h1-3,12,24,28H,4-11H2/t12-/m1/s1. The van der Waals surface area contributed by atoms with E-state index in [-0.39, 0.29) is 82.3 Å². The summed E-state index contributed by atoms with van der Waals surface area (Å²) in [4.78, 5) is 21.6. The molecule has 2 N–H and O–H groups in total. The number of carbonyl (C=O) groups excluding carboxylic acids is 1. The second kappa shape index (κ2) is 8.30. The Balaban J connectivity index is 1.72. The molecule has 0 radical (unpaired) electrons. The van der Waals surface area contributed by atoms with Crippen molar-refractivity contribution < 1.29 is 27.4 Å². The van der Waals surface area contributed by atoms with Gasteiger partial charge in [-0.05, 0) is 12.1 Å². The minimum absolute atomic E-state index is 0.0622. The minimum atomic E-state index is -3.20. The Morgan fingerprint density at radius 3 is 2.70 bits per heavy atom. The molecule has 0 aliphatic carbocycles. The van der Waals surface area contributed by atoms with E-state index in [9.17, 15) is 22.7 Å². The summed E-state index contributed by atoms with van der Waals surface area (Å²) in [6.07, 6.45) is 0. The predicted molar refractivity (Wildman–Crippen MR) is 120 cm³/mol. The van der Waals surface area contributed by atoms with Crippen molar-refractivity contribution in [2.75, 3.05) is 55.7 Å². The number of sulfone groups is 1. The lowest BCUT2D eigenvalue weighted by molar-refractivity contribution is 0.0606. The van der Waals surface area contributed by atoms with Crippen molar-refractivity contribution in [2.45, 2.75) is 6.04 Å². The van der Waals surface area contributed by atoms with E-state index in [1.165, 1.54) is 18.2 Å². The number of rotatable bonds is 2. The normalized spacial score (nSPS) is 22.2. The van der Waals surface area contributed by atoms with Crippen LogP contribution in [0.5, 0.6) is 11.5 Å². The highest BCUT2D eigenvalue weighted by Crippen LogP contribution is 2.45. The van der Waals surface area contributed by atoms with Crippen molar-refractivity contribution in [1.82, 2.24) is 15.2 Å². The van der Waals surface area contributed by atoms with Gasteiger partial charge < -0.3 is 25.0 Å². The molecule has 3 aliphatic rings. The summed E-state index contributed by atoms with van der Waals surface area (Å²) in [7, 11) is -3.20. The molecular weight excluding hydrogens is 475 g/mol. The van der Waals surface area contributed by atoms with Gasteiger partial charge in [-0.2, -0.15) is 0 Å². The number of halogens is 2. The van der Waals surface area contributed by atoms with E-state index in [1.54, 1.807) is 9.80 Å². The molecule has 0 spiro atoms. The van der Waals surface area contributed by atoms with Crippen molar-refractivity contribution in [3.8, 4) is 22.8 Å². The number of aromatic nitrogens is 1. The molecule has 2 saturated heterocycles. The van der Waals surface area contributed by atoms with Crippen LogP contribution in [0.2, 0.25) is 5.02 Å². The summed E-state index contributed by atoms with van der Waals surface area (Å²) in [5, 5.41) is 13.5. The van der Waals surface area contributed by atoms with Gasteiger partial charge in [0, 0.05) is 32.7 Å². The first-order valence-corrected chi connectivity index (χ1v) is 12.8. The third-order valence-electron chi connectivity index (χ3n) is 6.19. The molecule has 0 saturated carbocycles. The number of benzene rings is 1. The third kappa shape index (κ3) is 3.87. The molecular formula is C21H22ClFN4O5S. The van der Waals surface area contributed by atoms with Gasteiger partial charge in [-0.3, -0.25) is 4.79 Å². The van der Waals surface area contributed by atoms with Gasteiger partial charge in [-0.25, -0.2) is 17.8 Å². The third-order valence-corrected chi connectivity index (χ3v) is 8.15. The number of nitrogens with zero attached hydrogens (tertiary/aromatic N) is 3. The predicted octanol–water partition coefficient (Wildman–Crippen LogP) is 1.29. The smallest absolute Gasteiger partial charge is 0.261 e. The van der Waals surface area contributed by atoms with E-state index in [0.29, 0.717) is 19.6 Å². The average molecular weight is 497 g/mol. The first kappa shape index (κ1) is 22.2. The van der Waals surface area contributed by atoms with Crippen LogP contribution in [0.25, 0.3) is 11.3 Å². The molecule has 0 unspecified atom stereocenters. The monoisotopic (exact) mass is 496 g/mol. The fourth-order valence-electron chi connectivity index (χ4n) is 4.42. The summed E-state index contributed by atoms with van der Waals surface area (Å²) in [5.41, 5.74) is -0.153. The van der Waals surface area contributed by atoms with Crippen LogP contribution in [0.15, 0.2) is 18.2 Å². The number of aromatic hydroxyl groups is 1. The van der Waals surface area contributed by atoms with Crippen LogP contribution in [-0.4, -0.2) is 86.2 Å². The van der Waals surface area contributed by atoms with Gasteiger partial charge in [0.05, 0.1) is 23.1 Å². The second-order valence-corrected chi connectivity index (χ2v) is 10.9. The number of ether oxygens (including phenoxy) is 1. The highest BCUT2D eigenvalue weighted by molar-refractivity contribution is 7.91. The molecule has 12 heteroatoms. The number of hydrogen-bond donors (Lipinski definition) is 2. The summed E-state index contributed by atoms with van der Waals surface area (Å²) >= 11 is 6.63. The number of phenolic OH excluding ortho intramolecular Hbond substituents is 1. The molecule has 33 heavy (non-hydrogen) atoms. The Labute approximate surface area is 195 Å². The van der Waals surface area contributed by atoms with Crippen molar-refractivity contribution in [2.24, 2.45) is 0 Å². The van der Waals surface area contributed by atoms with Crippen LogP contribution in [0.1, 0.15) is 10.4 Å². The molecule has 9 nitrogen and oxygen atoms in total. The van der Waals surface area contributed by atoms with Crippen LogP contribution in [-0.2, 0) is 9.84 Å². The molecule has 176 valence electrons. The van der Waals surface area contributed by atoms with Crippen molar-refractivity contribution in [1.29, 1.82) is 0 Å². The van der Waals surface area contributed by atoms with Gasteiger partial charge in [0.1, 0.15) is 40.3 Å². The molecule has 2 fully saturated rings. The zero-order valence-corrected chi connectivity index (χ0v) is 19.1. The maximum atomic E-state index is 14.7. The Morgan fingerprint density at radius 2 is 1.97 bits per heavy atom. The maximum Gasteiger partial charge on any atom is 0.261 e. The van der Waals surface area contributed by atoms with E-state index >= 15 is 0 Å². The summed E-state index contributed by atoms with van der Waals surface area (Å²) in [6, 6.07) is 3.61. The van der Waals surface area contributed by atoms with E-state index in [0.717, 1.165) is 0 Å². The zero-order chi connectivity index (χ0) is 23.3. The SMILES string of the molecule is O=C1c2c(N3CCS(=O)(=O)CC3)nc(-c3c(O)cccc3F)c(Cl)c2OC[C@H]2CNCCN12. The van der Waals surface area contributed by atoms with E-state index in [1.807, 2.05) is 0 Å². The van der Waals surface area contributed by atoms with Crippen molar-refractivity contribution in [3.05, 3.63) is 34.6 Å². The van der Waals surface area contributed by atoms with Gasteiger partial charge in [-0.1, -0.05) is 17.7 Å². The molecule has 2 aromatic rings. The van der Waals surface area contributed by atoms with Gasteiger partial charge in [0.25, 0.3) is 5.91 Å². The lowest BCUT2D eigenvalue weighted by atomic mass is 10.1. The Kier molecular flexibility index (Phi) is 5.58. The first-order chi connectivity index (χ1) is 15.8. The number of hydrogen-bond acceptors (Lipinski definition) is 8. The number of fused-ring (bicyclic) bond motifs is 2. The molecule has 3 aliphatic heterocycles. The fourth-order valence-corrected chi connectivity index (χ4v) is 5.91. The zero-order valence-electron chi connectivity index (χ0n) is 17.6. The lowest BCUT2D eigenvalue weighted by Crippen LogP contribution is -2.55. The molecule has 4 heterocycles. The number of anilines is 1. The number of phenols is 1. The molecule has 5 rings (SSSR count). The first-order valence-electron chi connectivity index (χ1n) is 10.6. The molecule has 1 aromatic carbocycles. The van der Waals surface area contributed by atoms with Crippen molar-refractivity contribution in [3.63, 3.8) is 0 Å². The van der Waals surface area contributed by atoms with Crippen molar-refractivity contribution >= 4 is 33.2 Å². The number of carbonyl (C=O) groups is 1. The van der Waals surface area contributed by atoms with E-state index in [4.69, 9.17) is 16.3 Å². The quantitative estimate of drug-likeness (QED) is 0.639. The maximum absolute atomic E-state index is 14.7. The van der Waals surface area contributed by atoms with Crippen LogP contribution < -0.4 is 15.0 Å². The Bertz CT molecular complexity index is 1210.